The molecule has 28 heavy (non-hydrogen) atoms. The van der Waals surface area contributed by atoms with Crippen molar-refractivity contribution in [2.45, 2.75) is 51.5 Å². The summed E-state index contributed by atoms with van der Waals surface area (Å²) < 4.78 is 11.0. The summed E-state index contributed by atoms with van der Waals surface area (Å²) in [6.07, 6.45) is 10.7. The summed E-state index contributed by atoms with van der Waals surface area (Å²) in [5.74, 6) is 2.30. The molecule has 0 amide bonds. The fraction of sp³-hybridized carbons (Fsp3) is 0.714. The van der Waals surface area contributed by atoms with Crippen molar-refractivity contribution in [1.82, 2.24) is 15.6 Å². The van der Waals surface area contributed by atoms with Gasteiger partial charge in [-0.2, -0.15) is 0 Å². The number of guanidine groups is 1. The van der Waals surface area contributed by atoms with Gasteiger partial charge in [0.2, 0.25) is 5.88 Å². The van der Waals surface area contributed by atoms with Crippen molar-refractivity contribution in [3.8, 4) is 5.88 Å². The molecular weight excluding hydrogens is 467 g/mol. The Morgan fingerprint density at radius 2 is 2.04 bits per heavy atom. The van der Waals surface area contributed by atoms with Crippen molar-refractivity contribution in [2.24, 2.45) is 16.3 Å². The first kappa shape index (κ1) is 23.2. The van der Waals surface area contributed by atoms with Gasteiger partial charge in [0.25, 0.3) is 0 Å². The van der Waals surface area contributed by atoms with E-state index < -0.39 is 0 Å². The van der Waals surface area contributed by atoms with E-state index in [2.05, 4.69) is 26.7 Å². The van der Waals surface area contributed by atoms with Crippen LogP contribution in [0.15, 0.2) is 23.3 Å². The molecule has 0 radical (unpaired) electrons. The molecule has 3 rings (SSSR count). The molecule has 0 bridgehead atoms. The van der Waals surface area contributed by atoms with Crippen LogP contribution in [0.3, 0.4) is 0 Å². The number of hydrogen-bond donors (Lipinski definition) is 2. The molecule has 1 aromatic rings. The highest BCUT2D eigenvalue weighted by molar-refractivity contribution is 14.0. The van der Waals surface area contributed by atoms with Crippen LogP contribution in [0, 0.1) is 11.3 Å². The lowest BCUT2D eigenvalue weighted by molar-refractivity contribution is 0.138. The fourth-order valence-electron chi connectivity index (χ4n) is 3.72. The van der Waals surface area contributed by atoms with Gasteiger partial charge in [-0.1, -0.05) is 18.9 Å². The molecule has 1 heterocycles. The lowest BCUT2D eigenvalue weighted by Gasteiger charge is -2.30. The second kappa shape index (κ2) is 11.8. The van der Waals surface area contributed by atoms with Crippen molar-refractivity contribution in [3.05, 3.63) is 23.9 Å². The molecule has 1 aromatic heterocycles. The summed E-state index contributed by atoms with van der Waals surface area (Å²) in [6.45, 7) is 3.27. The molecule has 158 valence electrons. The lowest BCUT2D eigenvalue weighted by atomic mass is 9.83. The number of aliphatic imine (C=N–C) groups is 1. The molecule has 2 fully saturated rings. The highest BCUT2D eigenvalue weighted by Crippen LogP contribution is 2.40. The first-order valence-electron chi connectivity index (χ1n) is 10.2. The Morgan fingerprint density at radius 1 is 1.25 bits per heavy atom. The molecule has 0 atom stereocenters. The van der Waals surface area contributed by atoms with E-state index in [0.29, 0.717) is 12.0 Å². The quantitative estimate of drug-likeness (QED) is 0.290. The minimum Gasteiger partial charge on any atom is -0.477 e. The van der Waals surface area contributed by atoms with E-state index in [9.17, 15) is 0 Å². The normalized spacial score (nSPS) is 18.4. The number of nitrogens with one attached hydrogen (secondary N) is 2. The van der Waals surface area contributed by atoms with Crippen molar-refractivity contribution >= 4 is 29.9 Å². The van der Waals surface area contributed by atoms with E-state index in [0.717, 1.165) is 49.5 Å². The van der Waals surface area contributed by atoms with Crippen LogP contribution < -0.4 is 15.4 Å². The third-order valence-corrected chi connectivity index (χ3v) is 5.78. The Bertz CT molecular complexity index is 599. The van der Waals surface area contributed by atoms with E-state index in [-0.39, 0.29) is 24.0 Å². The highest BCUT2D eigenvalue weighted by atomic mass is 127. The maximum atomic E-state index is 5.69. The summed E-state index contributed by atoms with van der Waals surface area (Å²) in [5.41, 5.74) is 1.46. The second-order valence-electron chi connectivity index (χ2n) is 7.99. The van der Waals surface area contributed by atoms with Crippen LogP contribution >= 0.6 is 24.0 Å². The number of halogens is 1. The average molecular weight is 502 g/mol. The van der Waals surface area contributed by atoms with E-state index in [1.54, 1.807) is 7.11 Å². The highest BCUT2D eigenvalue weighted by Gasteiger charge is 2.33. The number of pyridine rings is 1. The monoisotopic (exact) mass is 502 g/mol. The summed E-state index contributed by atoms with van der Waals surface area (Å²) in [6, 6.07) is 4.01. The van der Waals surface area contributed by atoms with Crippen LogP contribution in [0.4, 0.5) is 0 Å². The first-order valence-corrected chi connectivity index (χ1v) is 10.2. The first-order chi connectivity index (χ1) is 13.2. The predicted molar refractivity (Wildman–Crippen MR) is 123 cm³/mol. The van der Waals surface area contributed by atoms with Crippen molar-refractivity contribution in [2.75, 3.05) is 33.9 Å². The predicted octanol–water partition coefficient (Wildman–Crippen LogP) is 3.75. The maximum Gasteiger partial charge on any atom is 0.213 e. The van der Waals surface area contributed by atoms with E-state index in [1.165, 1.54) is 38.5 Å². The Kier molecular flexibility index (Phi) is 9.77. The summed E-state index contributed by atoms with van der Waals surface area (Å²) >= 11 is 0. The lowest BCUT2D eigenvalue weighted by Crippen LogP contribution is -2.43. The zero-order valence-electron chi connectivity index (χ0n) is 17.2. The summed E-state index contributed by atoms with van der Waals surface area (Å²) in [5, 5.41) is 6.91. The zero-order valence-corrected chi connectivity index (χ0v) is 19.5. The summed E-state index contributed by atoms with van der Waals surface area (Å²) in [7, 11) is 3.60. The Labute approximate surface area is 186 Å². The standard InChI is InChI=1S/C21H34N4O2.HI/c1-22-20(25-16-21(11-12-26-2)9-3-4-10-21)24-14-18-7-8-19(23-13-18)27-15-17-5-6-17;/h7-8,13,17H,3-6,9-12,14-16H2,1-2H3,(H2,22,24,25);1H. The van der Waals surface area contributed by atoms with Crippen molar-refractivity contribution < 1.29 is 9.47 Å². The van der Waals surface area contributed by atoms with Crippen molar-refractivity contribution in [1.29, 1.82) is 0 Å². The molecule has 7 heteroatoms. The molecule has 0 spiro atoms. The molecule has 2 saturated carbocycles. The number of nitrogens with zero attached hydrogens (tertiary/aromatic N) is 2. The molecule has 0 saturated heterocycles. The van der Waals surface area contributed by atoms with Gasteiger partial charge < -0.3 is 20.1 Å². The zero-order chi connectivity index (χ0) is 19.0. The van der Waals surface area contributed by atoms with Gasteiger partial charge in [-0.25, -0.2) is 4.98 Å². The van der Waals surface area contributed by atoms with Crippen LogP contribution in [0.2, 0.25) is 0 Å². The van der Waals surface area contributed by atoms with Gasteiger partial charge in [0, 0.05) is 46.1 Å². The molecule has 6 nitrogen and oxygen atoms in total. The van der Waals surface area contributed by atoms with Gasteiger partial charge in [0.15, 0.2) is 5.96 Å². The average Bonchev–Trinajstić information content (AvgIpc) is 3.42. The Morgan fingerprint density at radius 3 is 2.64 bits per heavy atom. The number of methoxy groups -OCH3 is 1. The van der Waals surface area contributed by atoms with Gasteiger partial charge in [0.1, 0.15) is 0 Å². The Hall–Kier alpha value is -1.09. The molecule has 2 aliphatic carbocycles. The number of rotatable bonds is 10. The summed E-state index contributed by atoms with van der Waals surface area (Å²) in [4.78, 5) is 8.77. The number of ether oxygens (including phenoxy) is 2. The van der Waals surface area contributed by atoms with E-state index >= 15 is 0 Å². The van der Waals surface area contributed by atoms with Crippen LogP contribution in [0.1, 0.15) is 50.5 Å². The molecular formula is C21H35IN4O2. The largest absolute Gasteiger partial charge is 0.477 e. The van der Waals surface area contributed by atoms with Crippen LogP contribution in [0.5, 0.6) is 5.88 Å². The second-order valence-corrected chi connectivity index (χ2v) is 7.99. The molecule has 0 aromatic carbocycles. The fourth-order valence-corrected chi connectivity index (χ4v) is 3.72. The molecule has 0 aliphatic heterocycles. The van der Waals surface area contributed by atoms with Crippen LogP contribution in [-0.2, 0) is 11.3 Å². The van der Waals surface area contributed by atoms with Gasteiger partial charge in [-0.15, -0.1) is 24.0 Å². The maximum absolute atomic E-state index is 5.69. The minimum absolute atomic E-state index is 0. The van der Waals surface area contributed by atoms with Gasteiger partial charge in [-0.3, -0.25) is 4.99 Å². The van der Waals surface area contributed by atoms with Crippen molar-refractivity contribution in [3.63, 3.8) is 0 Å². The van der Waals surface area contributed by atoms with Gasteiger partial charge in [-0.05, 0) is 49.0 Å². The van der Waals surface area contributed by atoms with E-state index in [4.69, 9.17) is 9.47 Å². The van der Waals surface area contributed by atoms with Crippen LogP contribution in [-0.4, -0.2) is 44.9 Å². The number of aromatic nitrogens is 1. The SMILES string of the molecule is CN=C(NCc1ccc(OCC2CC2)nc1)NCC1(CCOC)CCCC1.I. The third kappa shape index (κ3) is 7.39. The minimum atomic E-state index is 0. The van der Waals surface area contributed by atoms with Gasteiger partial charge >= 0.3 is 0 Å². The molecule has 0 unspecified atom stereocenters. The van der Waals surface area contributed by atoms with Gasteiger partial charge in [0.05, 0.1) is 6.61 Å². The topological polar surface area (TPSA) is 67.8 Å². The Balaban J connectivity index is 0.00000280. The smallest absolute Gasteiger partial charge is 0.213 e. The van der Waals surface area contributed by atoms with E-state index in [1.807, 2.05) is 19.3 Å². The number of hydrogen-bond acceptors (Lipinski definition) is 4. The molecule has 2 aliphatic rings. The molecule has 2 N–H and O–H groups in total. The van der Waals surface area contributed by atoms with Crippen LogP contribution in [0.25, 0.3) is 0 Å². The third-order valence-electron chi connectivity index (χ3n) is 5.78.